The molecule has 2 aliphatic rings. The van der Waals surface area contributed by atoms with E-state index < -0.39 is 0 Å². The van der Waals surface area contributed by atoms with E-state index in [0.29, 0.717) is 11.0 Å². The number of hydrazone groups is 1. The first-order valence-corrected chi connectivity index (χ1v) is 7.89. The summed E-state index contributed by atoms with van der Waals surface area (Å²) in [6, 6.07) is 10.7. The molecule has 1 heterocycles. The van der Waals surface area contributed by atoms with Gasteiger partial charge in [0.25, 0.3) is 0 Å². The molecule has 1 saturated carbocycles. The van der Waals surface area contributed by atoms with Gasteiger partial charge in [0.05, 0.1) is 6.04 Å². The normalized spacial score (nSPS) is 26.4. The minimum Gasteiger partial charge on any atom is -0.375 e. The maximum absolute atomic E-state index is 5.91. The van der Waals surface area contributed by atoms with Crippen LogP contribution < -0.4 is 5.73 Å². The van der Waals surface area contributed by atoms with Crippen LogP contribution >= 0.6 is 12.2 Å². The average Bonchev–Trinajstić information content (AvgIpc) is 2.78. The van der Waals surface area contributed by atoms with Gasteiger partial charge in [0.2, 0.25) is 0 Å². The van der Waals surface area contributed by atoms with Crippen LogP contribution in [0, 0.1) is 5.92 Å². The second-order valence-electron chi connectivity index (χ2n) is 5.69. The molecule has 1 fully saturated rings. The van der Waals surface area contributed by atoms with Crippen LogP contribution in [-0.4, -0.2) is 15.8 Å². The van der Waals surface area contributed by atoms with Crippen LogP contribution in [0.1, 0.15) is 50.1 Å². The molecule has 3 rings (SSSR count). The molecule has 1 aromatic rings. The van der Waals surface area contributed by atoms with Gasteiger partial charge in [-0.25, -0.2) is 5.01 Å². The molecule has 2 atom stereocenters. The predicted octanol–water partition coefficient (Wildman–Crippen LogP) is 3.61. The van der Waals surface area contributed by atoms with Crippen LogP contribution in [0.2, 0.25) is 0 Å². The van der Waals surface area contributed by atoms with Crippen molar-refractivity contribution < 1.29 is 0 Å². The molecule has 2 N–H and O–H groups in total. The number of nitrogens with two attached hydrogens (primary N) is 1. The molecular formula is C16H21N3S. The van der Waals surface area contributed by atoms with E-state index in [9.17, 15) is 0 Å². The molecule has 0 bridgehead atoms. The van der Waals surface area contributed by atoms with E-state index in [1.807, 2.05) is 11.1 Å². The molecule has 0 aromatic heterocycles. The van der Waals surface area contributed by atoms with Gasteiger partial charge in [-0.15, -0.1) is 0 Å². The van der Waals surface area contributed by atoms with Crippen LogP contribution in [0.4, 0.5) is 0 Å². The fourth-order valence-electron chi connectivity index (χ4n) is 3.42. The molecule has 3 nitrogen and oxygen atoms in total. The van der Waals surface area contributed by atoms with E-state index in [0.717, 1.165) is 6.42 Å². The van der Waals surface area contributed by atoms with Gasteiger partial charge in [0, 0.05) is 11.6 Å². The van der Waals surface area contributed by atoms with Crippen LogP contribution in [0.5, 0.6) is 0 Å². The summed E-state index contributed by atoms with van der Waals surface area (Å²) in [6.45, 7) is 0. The van der Waals surface area contributed by atoms with Crippen molar-refractivity contribution in [2.75, 3.05) is 0 Å². The first-order valence-electron chi connectivity index (χ1n) is 7.48. The van der Waals surface area contributed by atoms with Crippen LogP contribution in [0.15, 0.2) is 35.4 Å². The number of rotatable bonds is 1. The molecular weight excluding hydrogens is 266 g/mol. The molecule has 0 radical (unpaired) electrons. The first kappa shape index (κ1) is 13.6. The molecule has 1 aliphatic carbocycles. The van der Waals surface area contributed by atoms with E-state index in [4.69, 9.17) is 23.1 Å². The van der Waals surface area contributed by atoms with Crippen molar-refractivity contribution in [1.82, 2.24) is 5.01 Å². The molecule has 4 heteroatoms. The molecule has 20 heavy (non-hydrogen) atoms. The van der Waals surface area contributed by atoms with Gasteiger partial charge in [0.15, 0.2) is 5.11 Å². The molecule has 0 saturated heterocycles. The Labute approximate surface area is 125 Å². The van der Waals surface area contributed by atoms with E-state index in [1.165, 1.54) is 43.4 Å². The standard InChI is InChI=1S/C16H21N3S/c17-16(20)19-15(12-8-4-3-5-9-12)13-10-6-1-2-7-11-14(13)18-19/h3-5,8-9,13,15H,1-2,6-7,10-11H2,(H2,17,20)/t13-,15-/m0/s1. The number of fused-ring (bicyclic) bond motifs is 1. The molecule has 1 aliphatic heterocycles. The minimum absolute atomic E-state index is 0.196. The van der Waals surface area contributed by atoms with E-state index >= 15 is 0 Å². The molecule has 0 unspecified atom stereocenters. The van der Waals surface area contributed by atoms with Crippen molar-refractivity contribution >= 4 is 23.0 Å². The van der Waals surface area contributed by atoms with Crippen LogP contribution in [0.3, 0.4) is 0 Å². The fraction of sp³-hybridized carbons (Fsp3) is 0.500. The van der Waals surface area contributed by atoms with Crippen molar-refractivity contribution in [1.29, 1.82) is 0 Å². The lowest BCUT2D eigenvalue weighted by Crippen LogP contribution is -2.34. The summed E-state index contributed by atoms with van der Waals surface area (Å²) in [7, 11) is 0. The Bertz CT molecular complexity index is 512. The monoisotopic (exact) mass is 287 g/mol. The summed E-state index contributed by atoms with van der Waals surface area (Å²) in [6.07, 6.45) is 7.44. The summed E-state index contributed by atoms with van der Waals surface area (Å²) in [5, 5.41) is 7.01. The third-order valence-corrected chi connectivity index (χ3v) is 4.56. The zero-order chi connectivity index (χ0) is 13.9. The number of hydrogen-bond acceptors (Lipinski definition) is 2. The minimum atomic E-state index is 0.196. The lowest BCUT2D eigenvalue weighted by Gasteiger charge is -2.28. The Morgan fingerprint density at radius 1 is 1.15 bits per heavy atom. The molecule has 0 spiro atoms. The summed E-state index contributed by atoms with van der Waals surface area (Å²) in [4.78, 5) is 0. The maximum Gasteiger partial charge on any atom is 0.187 e. The molecule has 1 aromatic carbocycles. The highest BCUT2D eigenvalue weighted by molar-refractivity contribution is 7.80. The second-order valence-corrected chi connectivity index (χ2v) is 6.11. The topological polar surface area (TPSA) is 41.6 Å². The van der Waals surface area contributed by atoms with Crippen LogP contribution in [0.25, 0.3) is 0 Å². The zero-order valence-corrected chi connectivity index (χ0v) is 12.5. The van der Waals surface area contributed by atoms with E-state index in [-0.39, 0.29) is 6.04 Å². The Balaban J connectivity index is 1.95. The number of hydrogen-bond donors (Lipinski definition) is 1. The highest BCUT2D eigenvalue weighted by atomic mass is 32.1. The van der Waals surface area contributed by atoms with Gasteiger partial charge in [-0.05, 0) is 37.0 Å². The highest BCUT2D eigenvalue weighted by Gasteiger charge is 2.39. The molecule has 0 amide bonds. The maximum atomic E-state index is 5.91. The Morgan fingerprint density at radius 2 is 1.90 bits per heavy atom. The van der Waals surface area contributed by atoms with Crippen molar-refractivity contribution in [2.24, 2.45) is 16.8 Å². The fourth-order valence-corrected chi connectivity index (χ4v) is 3.58. The Morgan fingerprint density at radius 3 is 2.65 bits per heavy atom. The van der Waals surface area contributed by atoms with Crippen molar-refractivity contribution in [3.05, 3.63) is 35.9 Å². The first-order chi connectivity index (χ1) is 9.77. The third-order valence-electron chi connectivity index (χ3n) is 4.37. The summed E-state index contributed by atoms with van der Waals surface area (Å²) in [5.74, 6) is 0.471. The third kappa shape index (κ3) is 2.57. The Kier molecular flexibility index (Phi) is 4.01. The smallest absolute Gasteiger partial charge is 0.187 e. The van der Waals surface area contributed by atoms with Gasteiger partial charge in [-0.2, -0.15) is 5.10 Å². The van der Waals surface area contributed by atoms with Crippen molar-refractivity contribution in [2.45, 2.75) is 44.6 Å². The van der Waals surface area contributed by atoms with Gasteiger partial charge in [-0.1, -0.05) is 49.6 Å². The number of benzene rings is 1. The van der Waals surface area contributed by atoms with Crippen molar-refractivity contribution in [3.63, 3.8) is 0 Å². The van der Waals surface area contributed by atoms with E-state index in [2.05, 4.69) is 24.3 Å². The predicted molar refractivity (Wildman–Crippen MR) is 86.4 cm³/mol. The molecule has 106 valence electrons. The van der Waals surface area contributed by atoms with Gasteiger partial charge in [-0.3, -0.25) is 0 Å². The highest BCUT2D eigenvalue weighted by Crippen LogP contribution is 2.40. The summed E-state index contributed by atoms with van der Waals surface area (Å²) < 4.78 is 0. The number of nitrogens with zero attached hydrogens (tertiary/aromatic N) is 2. The summed E-state index contributed by atoms with van der Waals surface area (Å²) >= 11 is 5.22. The van der Waals surface area contributed by atoms with Gasteiger partial charge in [0.1, 0.15) is 0 Å². The Hall–Kier alpha value is -1.42. The SMILES string of the molecule is NC(=S)N1N=C2CCCCCC[C@@H]2[C@@H]1c1ccccc1. The second kappa shape index (κ2) is 5.92. The average molecular weight is 287 g/mol. The zero-order valence-electron chi connectivity index (χ0n) is 11.7. The summed E-state index contributed by atoms with van der Waals surface area (Å²) in [5.41, 5.74) is 8.47. The van der Waals surface area contributed by atoms with Crippen molar-refractivity contribution in [3.8, 4) is 0 Å². The van der Waals surface area contributed by atoms with E-state index in [1.54, 1.807) is 0 Å². The quantitative estimate of drug-likeness (QED) is 0.802. The lowest BCUT2D eigenvalue weighted by molar-refractivity contribution is 0.303. The van der Waals surface area contributed by atoms with Gasteiger partial charge >= 0.3 is 0 Å². The number of thiocarbonyl (C=S) groups is 1. The lowest BCUT2D eigenvalue weighted by atomic mass is 9.82. The largest absolute Gasteiger partial charge is 0.375 e. The van der Waals surface area contributed by atoms with Crippen LogP contribution in [-0.2, 0) is 0 Å². The van der Waals surface area contributed by atoms with Gasteiger partial charge < -0.3 is 5.73 Å².